The molecule has 1 heterocycles. The molecule has 2 aromatic rings. The highest BCUT2D eigenvalue weighted by Gasteiger charge is 2.21. The second kappa shape index (κ2) is 5.70. The SMILES string of the molecule is Cc1ccccc1Sc1cc(C(=O)O)c([N+](=O)[O-])cn1. The number of carboxylic acid groups (broad SMARTS) is 1. The van der Waals surface area contributed by atoms with E-state index in [1.165, 1.54) is 17.8 Å². The molecular formula is C13H10N2O4S. The molecule has 0 bridgehead atoms. The third-order valence-electron chi connectivity index (χ3n) is 2.59. The van der Waals surface area contributed by atoms with Gasteiger partial charge in [0.1, 0.15) is 16.8 Å². The maximum Gasteiger partial charge on any atom is 0.342 e. The van der Waals surface area contributed by atoms with Crippen LogP contribution >= 0.6 is 11.8 Å². The lowest BCUT2D eigenvalue weighted by Gasteiger charge is -2.05. The summed E-state index contributed by atoms with van der Waals surface area (Å²) in [6.07, 6.45) is 0.976. The number of aromatic nitrogens is 1. The Balaban J connectivity index is 2.40. The number of pyridine rings is 1. The molecule has 6 nitrogen and oxygen atoms in total. The molecule has 0 aliphatic carbocycles. The lowest BCUT2D eigenvalue weighted by Crippen LogP contribution is -2.03. The van der Waals surface area contributed by atoms with Crippen LogP contribution < -0.4 is 0 Å². The molecule has 7 heteroatoms. The molecule has 1 aromatic heterocycles. The monoisotopic (exact) mass is 290 g/mol. The van der Waals surface area contributed by atoms with E-state index in [0.29, 0.717) is 5.03 Å². The summed E-state index contributed by atoms with van der Waals surface area (Å²) in [7, 11) is 0. The van der Waals surface area contributed by atoms with Crippen LogP contribution in [0.15, 0.2) is 46.5 Å². The normalized spacial score (nSPS) is 10.2. The Bertz CT molecular complexity index is 688. The number of carboxylic acids is 1. The van der Waals surface area contributed by atoms with Gasteiger partial charge in [0.15, 0.2) is 0 Å². The zero-order valence-electron chi connectivity index (χ0n) is 10.4. The third-order valence-corrected chi connectivity index (χ3v) is 3.70. The quantitative estimate of drug-likeness (QED) is 0.686. The number of nitrogens with zero attached hydrogens (tertiary/aromatic N) is 2. The number of carbonyl (C=O) groups is 1. The number of hydrogen-bond donors (Lipinski definition) is 1. The summed E-state index contributed by atoms with van der Waals surface area (Å²) >= 11 is 1.27. The van der Waals surface area contributed by atoms with E-state index in [1.54, 1.807) is 0 Å². The third kappa shape index (κ3) is 2.94. The molecule has 2 rings (SSSR count). The first-order valence-corrected chi connectivity index (χ1v) is 6.42. The van der Waals surface area contributed by atoms with Crippen molar-refractivity contribution in [3.8, 4) is 0 Å². The molecule has 1 aromatic carbocycles. The van der Waals surface area contributed by atoms with Crippen molar-refractivity contribution in [3.05, 3.63) is 57.8 Å². The molecule has 102 valence electrons. The second-order valence-corrected chi connectivity index (χ2v) is 5.03. The minimum atomic E-state index is -1.34. The molecule has 0 unspecified atom stereocenters. The van der Waals surface area contributed by atoms with Crippen molar-refractivity contribution in [2.45, 2.75) is 16.8 Å². The van der Waals surface area contributed by atoms with Gasteiger partial charge in [-0.3, -0.25) is 10.1 Å². The Hall–Kier alpha value is -2.41. The number of aryl methyl sites for hydroxylation is 1. The lowest BCUT2D eigenvalue weighted by molar-refractivity contribution is -0.385. The van der Waals surface area contributed by atoms with Gasteiger partial charge < -0.3 is 5.11 Å². The number of rotatable bonds is 4. The van der Waals surface area contributed by atoms with Crippen molar-refractivity contribution < 1.29 is 14.8 Å². The van der Waals surface area contributed by atoms with E-state index in [0.717, 1.165) is 16.7 Å². The van der Waals surface area contributed by atoms with Gasteiger partial charge in [-0.15, -0.1) is 0 Å². The predicted molar refractivity (Wildman–Crippen MR) is 73.2 cm³/mol. The number of nitro groups is 1. The van der Waals surface area contributed by atoms with E-state index in [-0.39, 0.29) is 5.56 Å². The van der Waals surface area contributed by atoms with Crippen LogP contribution in [0.5, 0.6) is 0 Å². The fourth-order valence-corrected chi connectivity index (χ4v) is 2.47. The zero-order chi connectivity index (χ0) is 14.7. The zero-order valence-corrected chi connectivity index (χ0v) is 11.3. The highest BCUT2D eigenvalue weighted by atomic mass is 32.2. The maximum atomic E-state index is 11.1. The van der Waals surface area contributed by atoms with Gasteiger partial charge in [0.25, 0.3) is 0 Å². The van der Waals surface area contributed by atoms with E-state index < -0.39 is 16.6 Å². The van der Waals surface area contributed by atoms with Crippen molar-refractivity contribution in [2.75, 3.05) is 0 Å². The fraction of sp³-hybridized carbons (Fsp3) is 0.0769. The molecule has 0 fully saturated rings. The molecule has 0 saturated carbocycles. The van der Waals surface area contributed by atoms with Crippen molar-refractivity contribution in [1.82, 2.24) is 4.98 Å². The van der Waals surface area contributed by atoms with Gasteiger partial charge in [-0.1, -0.05) is 30.0 Å². The van der Waals surface area contributed by atoms with Crippen molar-refractivity contribution in [2.24, 2.45) is 0 Å². The topological polar surface area (TPSA) is 93.3 Å². The Morgan fingerprint density at radius 1 is 1.40 bits per heavy atom. The number of hydrogen-bond acceptors (Lipinski definition) is 5. The molecule has 0 radical (unpaired) electrons. The first-order chi connectivity index (χ1) is 9.49. The molecule has 0 aliphatic heterocycles. The molecule has 0 aliphatic rings. The Kier molecular flexibility index (Phi) is 3.99. The van der Waals surface area contributed by atoms with Crippen molar-refractivity contribution >= 4 is 23.4 Å². The van der Waals surface area contributed by atoms with Crippen LogP contribution in [0.2, 0.25) is 0 Å². The molecule has 20 heavy (non-hydrogen) atoms. The van der Waals surface area contributed by atoms with E-state index in [1.807, 2.05) is 31.2 Å². The first-order valence-electron chi connectivity index (χ1n) is 5.60. The highest BCUT2D eigenvalue weighted by Crippen LogP contribution is 2.31. The minimum Gasteiger partial charge on any atom is -0.477 e. The predicted octanol–water partition coefficient (Wildman–Crippen LogP) is 3.15. The summed E-state index contributed by atoms with van der Waals surface area (Å²) in [4.78, 5) is 25.9. The first kappa shape index (κ1) is 14.0. The summed E-state index contributed by atoms with van der Waals surface area (Å²) in [5.41, 5.74) is 0.155. The van der Waals surface area contributed by atoms with Gasteiger partial charge in [0, 0.05) is 4.90 Å². The average Bonchev–Trinajstić information content (AvgIpc) is 2.41. The lowest BCUT2D eigenvalue weighted by atomic mass is 10.2. The largest absolute Gasteiger partial charge is 0.477 e. The Morgan fingerprint density at radius 3 is 2.70 bits per heavy atom. The average molecular weight is 290 g/mol. The number of aromatic carboxylic acids is 1. The van der Waals surface area contributed by atoms with Gasteiger partial charge in [-0.2, -0.15) is 0 Å². The molecule has 1 N–H and O–H groups in total. The molecule has 0 saturated heterocycles. The number of benzene rings is 1. The highest BCUT2D eigenvalue weighted by molar-refractivity contribution is 7.99. The minimum absolute atomic E-state index is 0.360. The maximum absolute atomic E-state index is 11.1. The molecular weight excluding hydrogens is 280 g/mol. The van der Waals surface area contributed by atoms with Gasteiger partial charge >= 0.3 is 11.7 Å². The van der Waals surface area contributed by atoms with E-state index in [9.17, 15) is 14.9 Å². The van der Waals surface area contributed by atoms with Crippen LogP contribution in [0.25, 0.3) is 0 Å². The summed E-state index contributed by atoms with van der Waals surface area (Å²) in [6.45, 7) is 1.92. The van der Waals surface area contributed by atoms with Crippen LogP contribution in [-0.2, 0) is 0 Å². The van der Waals surface area contributed by atoms with E-state index >= 15 is 0 Å². The van der Waals surface area contributed by atoms with Gasteiger partial charge in [-0.25, -0.2) is 9.78 Å². The van der Waals surface area contributed by atoms with Crippen LogP contribution in [0.4, 0.5) is 5.69 Å². The summed E-state index contributed by atoms with van der Waals surface area (Å²) < 4.78 is 0. The molecule has 0 amide bonds. The van der Waals surface area contributed by atoms with Gasteiger partial charge in [-0.05, 0) is 24.6 Å². The summed E-state index contributed by atoms with van der Waals surface area (Å²) in [6, 6.07) is 8.77. The summed E-state index contributed by atoms with van der Waals surface area (Å²) in [5, 5.41) is 20.2. The van der Waals surface area contributed by atoms with E-state index in [4.69, 9.17) is 5.11 Å². The Labute approximate surface area is 118 Å². The van der Waals surface area contributed by atoms with Gasteiger partial charge in [0.2, 0.25) is 0 Å². The fourth-order valence-electron chi connectivity index (χ4n) is 1.59. The smallest absolute Gasteiger partial charge is 0.342 e. The van der Waals surface area contributed by atoms with Crippen LogP contribution in [-0.4, -0.2) is 21.0 Å². The van der Waals surface area contributed by atoms with Crippen LogP contribution in [0, 0.1) is 17.0 Å². The second-order valence-electron chi connectivity index (χ2n) is 3.97. The van der Waals surface area contributed by atoms with Crippen molar-refractivity contribution in [1.29, 1.82) is 0 Å². The van der Waals surface area contributed by atoms with Crippen molar-refractivity contribution in [3.63, 3.8) is 0 Å². The molecule has 0 atom stereocenters. The van der Waals surface area contributed by atoms with E-state index in [2.05, 4.69) is 4.98 Å². The Morgan fingerprint density at radius 2 is 2.10 bits per heavy atom. The standard InChI is InChI=1S/C13H10N2O4S/c1-8-4-2-3-5-11(8)20-12-6-9(13(16)17)10(7-14-12)15(18)19/h2-7H,1H3,(H,16,17). The summed E-state index contributed by atoms with van der Waals surface area (Å²) in [5.74, 6) is -1.34. The van der Waals surface area contributed by atoms with Crippen LogP contribution in [0.1, 0.15) is 15.9 Å². The van der Waals surface area contributed by atoms with Gasteiger partial charge in [0.05, 0.1) is 4.92 Å². The molecule has 0 spiro atoms. The van der Waals surface area contributed by atoms with Crippen LogP contribution in [0.3, 0.4) is 0 Å².